The number of benzene rings is 1. The Balaban J connectivity index is 1.76. The van der Waals surface area contributed by atoms with Crippen LogP contribution in [0.4, 0.5) is 4.79 Å². The minimum atomic E-state index is -2.01. The van der Waals surface area contributed by atoms with Crippen LogP contribution in [0.15, 0.2) is 28.3 Å². The summed E-state index contributed by atoms with van der Waals surface area (Å²) in [6, 6.07) is 1.83. The van der Waals surface area contributed by atoms with Gasteiger partial charge >= 0.3 is 6.03 Å². The molecule has 6 unspecified atom stereocenters. The molecule has 37 heavy (non-hydrogen) atoms. The van der Waals surface area contributed by atoms with Gasteiger partial charge in [-0.15, -0.1) is 23.2 Å². The minimum Gasteiger partial charge on any atom is -0.503 e. The SMILES string of the molecule is COc1cc(C2C3=CCC4C(=O)N(C(N)=O)C(=O)C4C3CC3(Cl)C(=O)N(CBr)C(=O)C23Cl)cc(Br)c1O. The van der Waals surface area contributed by atoms with Crippen molar-refractivity contribution >= 4 is 84.7 Å². The number of hydrogen-bond donors (Lipinski definition) is 2. The molecule has 3 N–H and O–H groups in total. The lowest BCUT2D eigenvalue weighted by Gasteiger charge is -2.50. The number of alkyl halides is 3. The second kappa shape index (κ2) is 8.69. The number of halogens is 4. The van der Waals surface area contributed by atoms with E-state index in [0.717, 1.165) is 4.90 Å². The molecular weight excluding hydrogens is 661 g/mol. The highest BCUT2D eigenvalue weighted by Gasteiger charge is 2.76. The summed E-state index contributed by atoms with van der Waals surface area (Å²) >= 11 is 20.6. The lowest BCUT2D eigenvalue weighted by atomic mass is 9.56. The van der Waals surface area contributed by atoms with Crippen LogP contribution in [-0.2, 0) is 19.2 Å². The van der Waals surface area contributed by atoms with Gasteiger partial charge < -0.3 is 15.6 Å². The Hall–Kier alpha value is -2.15. The van der Waals surface area contributed by atoms with Crippen molar-refractivity contribution in [3.63, 3.8) is 0 Å². The van der Waals surface area contributed by atoms with Crippen molar-refractivity contribution in [2.75, 3.05) is 12.6 Å². The van der Waals surface area contributed by atoms with Crippen LogP contribution in [0.3, 0.4) is 0 Å². The maximum Gasteiger partial charge on any atom is 0.328 e. The van der Waals surface area contributed by atoms with Crippen LogP contribution < -0.4 is 10.5 Å². The number of ether oxygens (including phenoxy) is 1. The first kappa shape index (κ1) is 26.5. The maximum atomic E-state index is 13.7. The van der Waals surface area contributed by atoms with Gasteiger partial charge in [0.2, 0.25) is 11.8 Å². The van der Waals surface area contributed by atoms with E-state index in [2.05, 4.69) is 31.9 Å². The lowest BCUT2D eigenvalue weighted by molar-refractivity contribution is -0.139. The van der Waals surface area contributed by atoms with Crippen LogP contribution in [0.25, 0.3) is 0 Å². The van der Waals surface area contributed by atoms with Crippen molar-refractivity contribution in [2.45, 2.75) is 28.5 Å². The molecule has 2 saturated heterocycles. The summed E-state index contributed by atoms with van der Waals surface area (Å²) < 4.78 is 5.53. The van der Waals surface area contributed by atoms with Gasteiger partial charge in [-0.1, -0.05) is 27.6 Å². The van der Waals surface area contributed by atoms with E-state index >= 15 is 0 Å². The van der Waals surface area contributed by atoms with Crippen molar-refractivity contribution < 1.29 is 33.8 Å². The van der Waals surface area contributed by atoms with E-state index in [0.29, 0.717) is 16.0 Å². The Kier molecular flexibility index (Phi) is 6.21. The van der Waals surface area contributed by atoms with Crippen LogP contribution in [0, 0.1) is 17.8 Å². The Morgan fingerprint density at radius 3 is 2.46 bits per heavy atom. The Labute approximate surface area is 237 Å². The van der Waals surface area contributed by atoms with Gasteiger partial charge in [0.05, 0.1) is 28.9 Å². The van der Waals surface area contributed by atoms with E-state index in [1.165, 1.54) is 19.2 Å². The number of amides is 6. The number of hydrogen-bond acceptors (Lipinski definition) is 7. The third kappa shape index (κ3) is 3.25. The van der Waals surface area contributed by atoms with Crippen molar-refractivity contribution in [1.82, 2.24) is 9.80 Å². The third-order valence-electron chi connectivity index (χ3n) is 7.84. The number of carbonyl (C=O) groups is 5. The molecule has 2 aliphatic carbocycles. The second-order valence-electron chi connectivity index (χ2n) is 9.39. The highest BCUT2D eigenvalue weighted by atomic mass is 79.9. The molecule has 1 aromatic rings. The van der Waals surface area contributed by atoms with Crippen molar-refractivity contribution in [1.29, 1.82) is 0 Å². The summed E-state index contributed by atoms with van der Waals surface area (Å²) in [6.07, 6.45) is 1.58. The van der Waals surface area contributed by atoms with E-state index in [9.17, 15) is 29.1 Å². The molecule has 2 heterocycles. The van der Waals surface area contributed by atoms with Crippen LogP contribution in [0.5, 0.6) is 11.5 Å². The van der Waals surface area contributed by atoms with E-state index in [1.54, 1.807) is 6.08 Å². The molecule has 10 nitrogen and oxygen atoms in total. The standard InChI is InChI=1S/C23H19Br2Cl2N3O7/c1-37-13-5-8(4-12(25)16(13)31)15-9-2-3-10-14(18(33)30(17(10)32)21(28)36)11(9)6-22(26)19(34)29(7-24)20(35)23(15,22)27/h2,4-5,10-11,14-15,31H,3,6-7H2,1H3,(H2,28,36). The topological polar surface area (TPSA) is 147 Å². The number of likely N-dealkylation sites (tertiary alicyclic amines) is 2. The van der Waals surface area contributed by atoms with E-state index < -0.39 is 63.1 Å². The van der Waals surface area contributed by atoms with Gasteiger partial charge in [-0.25, -0.2) is 4.79 Å². The fourth-order valence-electron chi connectivity index (χ4n) is 6.26. The summed E-state index contributed by atoms with van der Waals surface area (Å²) in [5.41, 5.74) is 6.07. The van der Waals surface area contributed by atoms with Gasteiger partial charge in [0.15, 0.2) is 21.2 Å². The molecule has 3 fully saturated rings. The monoisotopic (exact) mass is 677 g/mol. The zero-order valence-electron chi connectivity index (χ0n) is 19.0. The number of methoxy groups -OCH3 is 1. The summed E-state index contributed by atoms with van der Waals surface area (Å²) in [4.78, 5) is 62.7. The van der Waals surface area contributed by atoms with Crippen molar-refractivity contribution in [2.24, 2.45) is 23.5 Å². The number of phenolic OH excluding ortho intramolecular Hbond substituents is 1. The molecule has 14 heteroatoms. The predicted octanol–water partition coefficient (Wildman–Crippen LogP) is 2.95. The number of phenols is 1. The molecule has 2 aliphatic heterocycles. The molecular formula is C23H19Br2Cl2N3O7. The number of urea groups is 1. The summed E-state index contributed by atoms with van der Waals surface area (Å²) in [7, 11) is 1.35. The van der Waals surface area contributed by atoms with Gasteiger partial charge in [0.1, 0.15) is 0 Å². The van der Waals surface area contributed by atoms with Crippen LogP contribution in [0.1, 0.15) is 24.3 Å². The molecule has 6 amide bonds. The highest BCUT2D eigenvalue weighted by Crippen LogP contribution is 2.66. The number of nitrogens with zero attached hydrogens (tertiary/aromatic N) is 2. The van der Waals surface area contributed by atoms with Crippen LogP contribution >= 0.6 is 55.1 Å². The van der Waals surface area contributed by atoms with Crippen LogP contribution in [-0.4, -0.2) is 66.9 Å². The van der Waals surface area contributed by atoms with Gasteiger partial charge in [0, 0.05) is 5.92 Å². The fourth-order valence-corrected chi connectivity index (χ4v) is 8.15. The molecule has 1 saturated carbocycles. The summed E-state index contributed by atoms with van der Waals surface area (Å²) in [5, 5.41) is 10.4. The number of allylic oxidation sites excluding steroid dienone is 2. The number of nitrogens with two attached hydrogens (primary N) is 1. The molecule has 1 aromatic carbocycles. The van der Waals surface area contributed by atoms with E-state index in [-0.39, 0.29) is 34.3 Å². The largest absolute Gasteiger partial charge is 0.503 e. The smallest absolute Gasteiger partial charge is 0.328 e. The molecule has 0 radical (unpaired) electrons. The molecule has 0 aromatic heterocycles. The molecule has 5 rings (SSSR count). The first-order valence-corrected chi connectivity index (χ1v) is 13.8. The van der Waals surface area contributed by atoms with E-state index in [1.807, 2.05) is 0 Å². The second-order valence-corrected chi connectivity index (χ2v) is 12.0. The first-order chi connectivity index (χ1) is 17.3. The maximum absolute atomic E-state index is 13.7. The van der Waals surface area contributed by atoms with Crippen molar-refractivity contribution in [3.05, 3.63) is 33.8 Å². The Bertz CT molecular complexity index is 1340. The van der Waals surface area contributed by atoms with Crippen LogP contribution in [0.2, 0.25) is 0 Å². The number of aromatic hydroxyl groups is 1. The molecule has 196 valence electrons. The highest BCUT2D eigenvalue weighted by molar-refractivity contribution is 9.10. The average molecular weight is 680 g/mol. The van der Waals surface area contributed by atoms with Crippen molar-refractivity contribution in [3.8, 4) is 11.5 Å². The molecule has 0 bridgehead atoms. The summed E-state index contributed by atoms with van der Waals surface area (Å²) in [6.45, 7) is 0. The summed E-state index contributed by atoms with van der Waals surface area (Å²) in [5.74, 6) is -6.85. The zero-order chi connectivity index (χ0) is 27.2. The van der Waals surface area contributed by atoms with Gasteiger partial charge in [-0.05, 0) is 52.4 Å². The third-order valence-corrected chi connectivity index (χ3v) is 10.4. The lowest BCUT2D eigenvalue weighted by Crippen LogP contribution is -2.60. The first-order valence-electron chi connectivity index (χ1n) is 11.1. The number of rotatable bonds is 3. The molecule has 6 atom stereocenters. The average Bonchev–Trinajstić information content (AvgIpc) is 3.19. The Morgan fingerprint density at radius 1 is 1.19 bits per heavy atom. The normalized spacial score (nSPS) is 34.8. The van der Waals surface area contributed by atoms with Gasteiger partial charge in [-0.2, -0.15) is 4.90 Å². The number of fused-ring (bicyclic) bond motifs is 4. The minimum absolute atomic E-state index is 0.0716. The van der Waals surface area contributed by atoms with E-state index in [4.69, 9.17) is 33.7 Å². The number of carbonyl (C=O) groups excluding carboxylic acids is 5. The number of imide groups is 4. The fraction of sp³-hybridized carbons (Fsp3) is 0.435. The zero-order valence-corrected chi connectivity index (χ0v) is 23.7. The Morgan fingerprint density at radius 2 is 1.86 bits per heavy atom. The quantitative estimate of drug-likeness (QED) is 0.216. The molecule has 4 aliphatic rings. The predicted molar refractivity (Wildman–Crippen MR) is 137 cm³/mol. The van der Waals surface area contributed by atoms with Gasteiger partial charge in [-0.3, -0.25) is 24.1 Å². The number of primary amides is 1. The molecule has 0 spiro atoms. The van der Waals surface area contributed by atoms with Gasteiger partial charge in [0.25, 0.3) is 11.8 Å².